The summed E-state index contributed by atoms with van der Waals surface area (Å²) in [6.07, 6.45) is 1.95. The predicted molar refractivity (Wildman–Crippen MR) is 164 cm³/mol. The summed E-state index contributed by atoms with van der Waals surface area (Å²) >= 11 is 0. The van der Waals surface area contributed by atoms with Crippen LogP contribution >= 0.6 is 0 Å². The van der Waals surface area contributed by atoms with Gasteiger partial charge in [0.1, 0.15) is 5.82 Å². The molecular formula is C32H37F3N8O4. The average Bonchev–Trinajstić information content (AvgIpc) is 3.76. The third kappa shape index (κ3) is 8.21. The van der Waals surface area contributed by atoms with Crippen LogP contribution in [0.1, 0.15) is 60.0 Å². The maximum atomic E-state index is 14.3. The average molecular weight is 655 g/mol. The lowest BCUT2D eigenvalue weighted by atomic mass is 9.77. The maximum absolute atomic E-state index is 14.3. The number of aromatic nitrogens is 6. The van der Waals surface area contributed by atoms with Gasteiger partial charge >= 0.3 is 12.1 Å². The fourth-order valence-corrected chi connectivity index (χ4v) is 6.38. The number of carbonyl (C=O) groups excluding carboxylic acids is 1. The first-order valence-corrected chi connectivity index (χ1v) is 15.5. The van der Waals surface area contributed by atoms with E-state index in [4.69, 9.17) is 14.9 Å². The van der Waals surface area contributed by atoms with Gasteiger partial charge in [-0.25, -0.2) is 14.9 Å². The SMILES string of the molecule is O=C(O)C(F)(F)F.O=C(c1ncn([C@@H]2CCCC[C@@]2(O)CCc2nnn[nH]2)c1-c1ccccc1)N1CCNC[C@H]1Cc1ccccc1. The van der Waals surface area contributed by atoms with Crippen LogP contribution in [0.3, 0.4) is 0 Å². The van der Waals surface area contributed by atoms with Crippen LogP contribution in [0.5, 0.6) is 0 Å². The minimum atomic E-state index is -5.08. The van der Waals surface area contributed by atoms with Crippen LogP contribution in [-0.2, 0) is 17.6 Å². The molecule has 1 saturated heterocycles. The van der Waals surface area contributed by atoms with E-state index >= 15 is 0 Å². The van der Waals surface area contributed by atoms with Crippen LogP contribution in [0, 0.1) is 0 Å². The van der Waals surface area contributed by atoms with E-state index in [0.717, 1.165) is 50.0 Å². The summed E-state index contributed by atoms with van der Waals surface area (Å²) in [5, 5.41) is 36.8. The Kier molecular flexibility index (Phi) is 10.7. The number of H-pyrrole nitrogens is 1. The fraction of sp³-hybridized carbons (Fsp3) is 0.438. The van der Waals surface area contributed by atoms with E-state index in [1.807, 2.05) is 53.4 Å². The molecule has 47 heavy (non-hydrogen) atoms. The van der Waals surface area contributed by atoms with E-state index in [1.165, 1.54) is 5.56 Å². The molecule has 0 unspecified atom stereocenters. The Morgan fingerprint density at radius 3 is 2.40 bits per heavy atom. The molecule has 1 amide bonds. The van der Waals surface area contributed by atoms with Gasteiger partial charge in [0.15, 0.2) is 5.69 Å². The number of benzene rings is 2. The van der Waals surface area contributed by atoms with Crippen LogP contribution in [0.25, 0.3) is 11.3 Å². The molecule has 3 heterocycles. The molecular weight excluding hydrogens is 617 g/mol. The maximum Gasteiger partial charge on any atom is 0.490 e. The van der Waals surface area contributed by atoms with Gasteiger partial charge in [0, 0.05) is 37.7 Å². The number of nitrogens with zero attached hydrogens (tertiary/aromatic N) is 6. The molecule has 2 aromatic heterocycles. The van der Waals surface area contributed by atoms with E-state index in [-0.39, 0.29) is 18.0 Å². The number of aromatic amines is 1. The normalized spacial score (nSPS) is 21.5. The number of halogens is 3. The van der Waals surface area contributed by atoms with Gasteiger partial charge in [0.25, 0.3) is 5.91 Å². The Morgan fingerprint density at radius 2 is 1.74 bits per heavy atom. The molecule has 4 N–H and O–H groups in total. The third-order valence-electron chi connectivity index (χ3n) is 8.69. The van der Waals surface area contributed by atoms with E-state index in [9.17, 15) is 23.1 Å². The Bertz CT molecular complexity index is 1600. The summed E-state index contributed by atoms with van der Waals surface area (Å²) in [7, 11) is 0. The standard InChI is InChI=1S/C30H36N8O2.C2HF3O2/c39-29(37-18-17-31-20-24(37)19-22-9-3-1-4-10-22)27-28(23-11-5-2-6-12-23)38(21-32-27)25-13-7-8-15-30(25,40)16-14-26-33-35-36-34-26;3-2(4,5)1(6)7/h1-6,9-12,21,24-25,31,40H,7-8,13-20H2,(H,33,34,35,36);(H,6,7)/t24-,25-,30-;/m1./s1. The molecule has 0 radical (unpaired) electrons. The molecule has 15 heteroatoms. The smallest absolute Gasteiger partial charge is 0.475 e. The van der Waals surface area contributed by atoms with Gasteiger partial charge in [-0.05, 0) is 41.7 Å². The highest BCUT2D eigenvalue weighted by Crippen LogP contribution is 2.43. The number of alkyl halides is 3. The molecule has 1 aliphatic heterocycles. The number of amides is 1. The first-order valence-electron chi connectivity index (χ1n) is 15.5. The third-order valence-corrected chi connectivity index (χ3v) is 8.69. The first-order chi connectivity index (χ1) is 22.6. The van der Waals surface area contributed by atoms with Crippen molar-refractivity contribution in [2.24, 2.45) is 0 Å². The van der Waals surface area contributed by atoms with E-state index in [2.05, 4.69) is 42.6 Å². The van der Waals surface area contributed by atoms with Crippen molar-refractivity contribution in [3.8, 4) is 11.3 Å². The van der Waals surface area contributed by atoms with Crippen molar-refractivity contribution in [1.82, 2.24) is 40.4 Å². The number of carboxylic acid groups (broad SMARTS) is 1. The molecule has 2 aromatic carbocycles. The summed E-state index contributed by atoms with van der Waals surface area (Å²) in [5.74, 6) is -2.16. The Morgan fingerprint density at radius 1 is 1.04 bits per heavy atom. The number of hydrogen-bond acceptors (Lipinski definition) is 8. The molecule has 12 nitrogen and oxygen atoms in total. The summed E-state index contributed by atoms with van der Waals surface area (Å²) in [6, 6.07) is 20.1. The molecule has 1 aliphatic carbocycles. The van der Waals surface area contributed by atoms with Crippen LogP contribution in [0.2, 0.25) is 0 Å². The molecule has 0 bridgehead atoms. The first kappa shape index (κ1) is 33.7. The number of hydrogen-bond donors (Lipinski definition) is 4. The van der Waals surface area contributed by atoms with E-state index in [1.54, 1.807) is 6.33 Å². The predicted octanol–water partition coefficient (Wildman–Crippen LogP) is 3.83. The Labute approximate surface area is 269 Å². The quantitative estimate of drug-likeness (QED) is 0.221. The van der Waals surface area contributed by atoms with Crippen LogP contribution in [0.4, 0.5) is 13.2 Å². The van der Waals surface area contributed by atoms with Gasteiger partial charge in [-0.3, -0.25) is 4.79 Å². The van der Waals surface area contributed by atoms with E-state index in [0.29, 0.717) is 37.3 Å². The van der Waals surface area contributed by atoms with Crippen molar-refractivity contribution < 1.29 is 33.0 Å². The number of aliphatic carboxylic acids is 1. The van der Waals surface area contributed by atoms with Gasteiger partial charge in [-0.1, -0.05) is 73.5 Å². The topological polar surface area (TPSA) is 162 Å². The fourth-order valence-electron chi connectivity index (χ4n) is 6.38. The second kappa shape index (κ2) is 14.9. The highest BCUT2D eigenvalue weighted by molar-refractivity contribution is 5.98. The van der Waals surface area contributed by atoms with Gasteiger partial charge in [-0.15, -0.1) is 5.10 Å². The lowest BCUT2D eigenvalue weighted by Gasteiger charge is -2.41. The minimum Gasteiger partial charge on any atom is -0.475 e. The summed E-state index contributed by atoms with van der Waals surface area (Å²) < 4.78 is 33.8. The number of carbonyl (C=O) groups is 2. The molecule has 2 aliphatic rings. The van der Waals surface area contributed by atoms with Gasteiger partial charge in [-0.2, -0.15) is 13.2 Å². The molecule has 0 spiro atoms. The number of aliphatic hydroxyl groups is 1. The summed E-state index contributed by atoms with van der Waals surface area (Å²) in [6.45, 7) is 2.11. The number of rotatable bonds is 8. The lowest BCUT2D eigenvalue weighted by molar-refractivity contribution is -0.192. The van der Waals surface area contributed by atoms with Crippen LogP contribution in [-0.4, -0.2) is 94.6 Å². The van der Waals surface area contributed by atoms with E-state index < -0.39 is 17.7 Å². The number of carboxylic acids is 1. The highest BCUT2D eigenvalue weighted by atomic mass is 19.4. The summed E-state index contributed by atoms with van der Waals surface area (Å²) in [4.78, 5) is 29.9. The summed E-state index contributed by atoms with van der Waals surface area (Å²) in [5.41, 5.74) is 2.37. The zero-order valence-corrected chi connectivity index (χ0v) is 25.6. The van der Waals surface area contributed by atoms with Crippen molar-refractivity contribution in [2.45, 2.75) is 68.8 Å². The minimum absolute atomic E-state index is 0.0274. The Hall–Kier alpha value is -4.63. The zero-order valence-electron chi connectivity index (χ0n) is 25.6. The van der Waals surface area contributed by atoms with Crippen molar-refractivity contribution >= 4 is 11.9 Å². The zero-order chi connectivity index (χ0) is 33.4. The largest absolute Gasteiger partial charge is 0.490 e. The molecule has 2 fully saturated rings. The van der Waals surface area contributed by atoms with Gasteiger partial charge in [0.2, 0.25) is 0 Å². The van der Waals surface area contributed by atoms with Crippen molar-refractivity contribution in [3.63, 3.8) is 0 Å². The Balaban J connectivity index is 0.000000559. The number of nitrogens with one attached hydrogen (secondary N) is 2. The monoisotopic (exact) mass is 654 g/mol. The lowest BCUT2D eigenvalue weighted by Crippen LogP contribution is -2.54. The van der Waals surface area contributed by atoms with Gasteiger partial charge < -0.3 is 25.0 Å². The van der Waals surface area contributed by atoms with Crippen molar-refractivity contribution in [2.75, 3.05) is 19.6 Å². The number of piperazine rings is 1. The number of aryl methyl sites for hydroxylation is 1. The van der Waals surface area contributed by atoms with Crippen LogP contribution in [0.15, 0.2) is 67.0 Å². The second-order valence-electron chi connectivity index (χ2n) is 11.8. The second-order valence-corrected chi connectivity index (χ2v) is 11.8. The molecule has 1 saturated carbocycles. The van der Waals surface area contributed by atoms with Gasteiger partial charge in [0.05, 0.1) is 23.7 Å². The molecule has 250 valence electrons. The molecule has 4 aromatic rings. The van der Waals surface area contributed by atoms with Crippen molar-refractivity contribution in [3.05, 3.63) is 84.1 Å². The number of imidazole rings is 1. The molecule has 6 rings (SSSR count). The van der Waals surface area contributed by atoms with Crippen LogP contribution < -0.4 is 5.32 Å². The highest BCUT2D eigenvalue weighted by Gasteiger charge is 2.42. The molecule has 3 atom stereocenters. The van der Waals surface area contributed by atoms with Crippen molar-refractivity contribution in [1.29, 1.82) is 0 Å². The number of tetrazole rings is 1.